The van der Waals surface area contributed by atoms with Gasteiger partial charge < -0.3 is 19.5 Å². The topological polar surface area (TPSA) is 74.6 Å². The Morgan fingerprint density at radius 2 is 1.82 bits per heavy atom. The van der Waals surface area contributed by atoms with Crippen molar-refractivity contribution < 1.29 is 19.0 Å². The number of hydrogen-bond donors (Lipinski definition) is 1. The summed E-state index contributed by atoms with van der Waals surface area (Å²) >= 11 is 10.8. The van der Waals surface area contributed by atoms with Crippen LogP contribution in [-0.2, 0) is 4.74 Å². The minimum absolute atomic E-state index is 0.327. The molecule has 7 nitrogen and oxygen atoms in total. The molecule has 4 aromatic rings. The Kier molecular flexibility index (Phi) is 7.54. The molecule has 6 rings (SSSR count). The summed E-state index contributed by atoms with van der Waals surface area (Å²) in [6.45, 7) is 6.59. The lowest BCUT2D eigenvalue weighted by Gasteiger charge is -2.21. The number of hydrogen-bond acceptors (Lipinski definition) is 8. The number of nitrogens with one attached hydrogen (secondary N) is 1. The van der Waals surface area contributed by atoms with Crippen LogP contribution in [0.1, 0.15) is 37.3 Å². The fourth-order valence-corrected chi connectivity index (χ4v) is 7.84. The molecule has 1 saturated heterocycles. The average molecular weight is 596 g/mol. The first-order chi connectivity index (χ1) is 19.3. The summed E-state index contributed by atoms with van der Waals surface area (Å²) in [5.74, 6) is 4.21. The van der Waals surface area contributed by atoms with Gasteiger partial charge in [0.2, 0.25) is 0 Å². The molecule has 1 N–H and O–H groups in total. The number of aromatic nitrogens is 2. The molecule has 0 aliphatic carbocycles. The van der Waals surface area contributed by atoms with Crippen molar-refractivity contribution in [2.45, 2.75) is 37.4 Å². The number of ether oxygens (including phenoxy) is 3. The highest BCUT2D eigenvalue weighted by molar-refractivity contribution is 8.16. The fraction of sp³-hybridized carbons (Fsp3) is 0.333. The molecule has 208 valence electrons. The molecule has 0 amide bonds. The van der Waals surface area contributed by atoms with Gasteiger partial charge in [-0.15, -0.1) is 28.6 Å². The van der Waals surface area contributed by atoms with Gasteiger partial charge in [-0.1, -0.05) is 35.9 Å². The van der Waals surface area contributed by atoms with Gasteiger partial charge in [0.05, 0.1) is 20.8 Å². The Labute approximate surface area is 246 Å². The van der Waals surface area contributed by atoms with Gasteiger partial charge in [-0.3, -0.25) is 0 Å². The summed E-state index contributed by atoms with van der Waals surface area (Å²) in [5.41, 5.74) is 3.63. The molecule has 1 aromatic heterocycles. The zero-order chi connectivity index (χ0) is 27.9. The number of thioether (sulfide) groups is 2. The maximum Gasteiger partial charge on any atom is 0.435 e. The van der Waals surface area contributed by atoms with Gasteiger partial charge in [0, 0.05) is 10.9 Å². The Bertz CT molecular complexity index is 1580. The van der Waals surface area contributed by atoms with Crippen molar-refractivity contribution in [1.82, 2.24) is 9.78 Å². The van der Waals surface area contributed by atoms with Crippen molar-refractivity contribution in [2.24, 2.45) is 0 Å². The molecule has 40 heavy (non-hydrogen) atoms. The Balaban J connectivity index is 1.38. The van der Waals surface area contributed by atoms with Crippen LogP contribution in [0.4, 0.5) is 16.3 Å². The largest absolute Gasteiger partial charge is 0.486 e. The fourth-order valence-electron chi connectivity index (χ4n) is 4.69. The number of anilines is 2. The average Bonchev–Trinajstić information content (AvgIpc) is 3.31. The van der Waals surface area contributed by atoms with Crippen LogP contribution < -0.4 is 14.8 Å². The maximum absolute atomic E-state index is 13.2. The SMILES string of the molecule is CC(C)(C)OC(=O)n1nc(Nc2cccc(-c3ccc4c(c3)OCCO4)c2Cl)c2ccc(C3SCCCS3)cc21. The third-order valence-electron chi connectivity index (χ3n) is 6.48. The number of fused-ring (bicyclic) bond motifs is 2. The standard InChI is InChI=1S/C30H30ClN3O4S2/c1-30(2,3)38-29(35)34-23-16-19(28-39-14-5-15-40-28)8-10-21(23)27(33-34)32-22-7-4-6-20(26(22)31)18-9-11-24-25(17-18)37-13-12-36-24/h4,6-11,16-17,28H,5,12-15H2,1-3H3,(H,32,33). The summed E-state index contributed by atoms with van der Waals surface area (Å²) in [6.07, 6.45) is 0.687. The molecule has 0 unspecified atom stereocenters. The first-order valence-corrected chi connectivity index (χ1v) is 15.7. The van der Waals surface area contributed by atoms with E-state index in [0.717, 1.165) is 39.3 Å². The van der Waals surface area contributed by atoms with Gasteiger partial charge in [0.25, 0.3) is 0 Å². The molecule has 0 radical (unpaired) electrons. The number of rotatable bonds is 4. The van der Waals surface area contributed by atoms with Crippen LogP contribution in [-0.4, -0.2) is 46.2 Å². The van der Waals surface area contributed by atoms with Gasteiger partial charge in [0.1, 0.15) is 18.8 Å². The third kappa shape index (κ3) is 5.60. The van der Waals surface area contributed by atoms with Crippen LogP contribution in [0.15, 0.2) is 54.6 Å². The van der Waals surface area contributed by atoms with Crippen LogP contribution in [0, 0.1) is 0 Å². The molecule has 0 bridgehead atoms. The van der Waals surface area contributed by atoms with Crippen molar-refractivity contribution in [1.29, 1.82) is 0 Å². The second-order valence-corrected chi connectivity index (χ2v) is 13.7. The Hall–Kier alpha value is -3.01. The molecule has 0 spiro atoms. The monoisotopic (exact) mass is 595 g/mol. The highest BCUT2D eigenvalue weighted by Crippen LogP contribution is 2.45. The number of halogens is 1. The van der Waals surface area contributed by atoms with Crippen LogP contribution >= 0.6 is 35.1 Å². The van der Waals surface area contributed by atoms with E-state index < -0.39 is 11.7 Å². The number of carbonyl (C=O) groups excluding carboxylic acids is 1. The normalized spacial score (nSPS) is 15.7. The first kappa shape index (κ1) is 27.2. The van der Waals surface area contributed by atoms with Crippen molar-refractivity contribution in [2.75, 3.05) is 30.0 Å². The predicted molar refractivity (Wildman–Crippen MR) is 165 cm³/mol. The van der Waals surface area contributed by atoms with E-state index in [1.54, 1.807) is 0 Å². The zero-order valence-electron chi connectivity index (χ0n) is 22.5. The van der Waals surface area contributed by atoms with Gasteiger partial charge in [-0.25, -0.2) is 4.79 Å². The molecule has 0 atom stereocenters. The van der Waals surface area contributed by atoms with E-state index in [9.17, 15) is 4.79 Å². The second-order valence-electron chi connectivity index (χ2n) is 10.6. The highest BCUT2D eigenvalue weighted by Gasteiger charge is 2.25. The third-order valence-corrected chi connectivity index (χ3v) is 9.90. The van der Waals surface area contributed by atoms with Crippen LogP contribution in [0.2, 0.25) is 5.02 Å². The van der Waals surface area contributed by atoms with E-state index in [0.29, 0.717) is 45.6 Å². The van der Waals surface area contributed by atoms with Gasteiger partial charge in [-0.05, 0) is 80.2 Å². The van der Waals surface area contributed by atoms with E-state index in [4.69, 9.17) is 25.8 Å². The van der Waals surface area contributed by atoms with E-state index in [2.05, 4.69) is 22.5 Å². The Morgan fingerprint density at radius 1 is 1.05 bits per heavy atom. The van der Waals surface area contributed by atoms with Gasteiger partial charge in [-0.2, -0.15) is 4.68 Å². The summed E-state index contributed by atoms with van der Waals surface area (Å²) in [5, 5.41) is 9.40. The summed E-state index contributed by atoms with van der Waals surface area (Å²) in [7, 11) is 0. The molecule has 0 saturated carbocycles. The molecule has 1 fully saturated rings. The molecule has 10 heteroatoms. The summed E-state index contributed by atoms with van der Waals surface area (Å²) < 4.78 is 18.8. The molecule has 2 aliphatic rings. The lowest BCUT2D eigenvalue weighted by atomic mass is 10.0. The van der Waals surface area contributed by atoms with Crippen molar-refractivity contribution in [3.05, 3.63) is 65.2 Å². The quantitative estimate of drug-likeness (QED) is 0.252. The lowest BCUT2D eigenvalue weighted by molar-refractivity contribution is 0.0523. The smallest absolute Gasteiger partial charge is 0.435 e. The molecule has 2 aliphatic heterocycles. The Morgan fingerprint density at radius 3 is 2.60 bits per heavy atom. The lowest BCUT2D eigenvalue weighted by Crippen LogP contribution is -2.27. The first-order valence-electron chi connectivity index (χ1n) is 13.2. The molecule has 3 aromatic carbocycles. The van der Waals surface area contributed by atoms with E-state index in [1.165, 1.54) is 11.1 Å². The number of nitrogens with zero attached hydrogens (tertiary/aromatic N) is 2. The van der Waals surface area contributed by atoms with Crippen LogP contribution in [0.5, 0.6) is 11.5 Å². The van der Waals surface area contributed by atoms with E-state index in [-0.39, 0.29) is 0 Å². The molecule has 3 heterocycles. The van der Waals surface area contributed by atoms with E-state index >= 15 is 0 Å². The highest BCUT2D eigenvalue weighted by atomic mass is 35.5. The number of carbonyl (C=O) groups is 1. The van der Waals surface area contributed by atoms with Crippen molar-refractivity contribution in [3.8, 4) is 22.6 Å². The maximum atomic E-state index is 13.2. The summed E-state index contributed by atoms with van der Waals surface area (Å²) in [6, 6.07) is 17.8. The van der Waals surface area contributed by atoms with Gasteiger partial charge in [0.15, 0.2) is 17.3 Å². The number of benzene rings is 3. The predicted octanol–water partition coefficient (Wildman–Crippen LogP) is 8.52. The molecular weight excluding hydrogens is 566 g/mol. The van der Waals surface area contributed by atoms with Crippen LogP contribution in [0.3, 0.4) is 0 Å². The van der Waals surface area contributed by atoms with Crippen molar-refractivity contribution >= 4 is 63.6 Å². The van der Waals surface area contributed by atoms with E-state index in [1.807, 2.05) is 86.8 Å². The minimum atomic E-state index is -0.656. The second kappa shape index (κ2) is 11.1. The molecular formula is C30H30ClN3O4S2. The van der Waals surface area contributed by atoms with Gasteiger partial charge >= 0.3 is 6.09 Å². The minimum Gasteiger partial charge on any atom is -0.486 e. The zero-order valence-corrected chi connectivity index (χ0v) is 24.9. The van der Waals surface area contributed by atoms with Crippen LogP contribution in [0.25, 0.3) is 22.0 Å². The van der Waals surface area contributed by atoms with Crippen molar-refractivity contribution in [3.63, 3.8) is 0 Å². The summed E-state index contributed by atoms with van der Waals surface area (Å²) in [4.78, 5) is 13.2.